The van der Waals surface area contributed by atoms with Crippen LogP contribution < -0.4 is 39.0 Å². The number of aryl methyl sites for hydroxylation is 6. The van der Waals surface area contributed by atoms with Gasteiger partial charge in [0, 0.05) is 47.9 Å². The summed E-state index contributed by atoms with van der Waals surface area (Å²) in [6.45, 7) is 3.80. The number of non-ortho nitro benzene ring substituents is 1. The van der Waals surface area contributed by atoms with Crippen molar-refractivity contribution in [2.45, 2.75) is 78.6 Å². The molecule has 74 heavy (non-hydrogen) atoms. The number of nitrogens with one attached hydrogen (secondary N) is 2. The Labute approximate surface area is 427 Å². The summed E-state index contributed by atoms with van der Waals surface area (Å²) in [6.07, 6.45) is 7.31. The summed E-state index contributed by atoms with van der Waals surface area (Å²) in [7, 11) is 0. The minimum absolute atomic E-state index is 0.0710. The van der Waals surface area contributed by atoms with Crippen molar-refractivity contribution in [3.63, 3.8) is 0 Å². The van der Waals surface area contributed by atoms with Crippen molar-refractivity contribution in [2.24, 2.45) is 0 Å². The van der Waals surface area contributed by atoms with E-state index in [0.29, 0.717) is 70.7 Å². The number of nitrogen functional groups attached to an aromatic ring is 3. The first-order valence-electron chi connectivity index (χ1n) is 24.1. The average molecular weight is 995 g/mol. The fourth-order valence-electron chi connectivity index (χ4n) is 8.17. The molecule has 8 N–H and O–H groups in total. The number of hydrogen-bond donors (Lipinski definition) is 5. The van der Waals surface area contributed by atoms with Gasteiger partial charge in [-0.25, -0.2) is 9.97 Å². The monoisotopic (exact) mass is 994 g/mol. The number of benzene rings is 4. The molecule has 0 aliphatic rings. The molecule has 0 aliphatic carbocycles. The van der Waals surface area contributed by atoms with E-state index in [4.69, 9.17) is 17.2 Å². The lowest BCUT2D eigenvalue weighted by Gasteiger charge is -2.15. The molecule has 0 spiro atoms. The van der Waals surface area contributed by atoms with Crippen molar-refractivity contribution in [1.82, 2.24) is 39.7 Å². The van der Waals surface area contributed by atoms with Gasteiger partial charge >= 0.3 is 0 Å². The summed E-state index contributed by atoms with van der Waals surface area (Å²) >= 11 is 0. The minimum Gasteiger partial charge on any atom is -0.399 e. The molecule has 18 heteroatoms. The molecular weight excluding hydrogens is 937 g/mol. The Bertz CT molecular complexity index is 3350. The molecule has 0 saturated heterocycles. The predicted molar refractivity (Wildman–Crippen MR) is 286 cm³/mol. The first kappa shape index (κ1) is 52.5. The molecule has 0 saturated carbocycles. The van der Waals surface area contributed by atoms with Crippen molar-refractivity contribution < 1.29 is 14.5 Å². The molecule has 0 fully saturated rings. The fourth-order valence-corrected chi connectivity index (χ4v) is 8.17. The highest BCUT2D eigenvalue weighted by Crippen LogP contribution is 2.23. The van der Waals surface area contributed by atoms with Crippen LogP contribution in [0.4, 0.5) is 23.0 Å². The van der Waals surface area contributed by atoms with Crippen LogP contribution in [0.25, 0.3) is 22.5 Å². The summed E-state index contributed by atoms with van der Waals surface area (Å²) in [5, 5.41) is 16.8. The number of anilines is 3. The van der Waals surface area contributed by atoms with E-state index in [1.807, 2.05) is 73.7 Å². The van der Waals surface area contributed by atoms with Crippen LogP contribution in [0.15, 0.2) is 155 Å². The Morgan fingerprint density at radius 2 is 0.959 bits per heavy atom. The molecule has 4 heterocycles. The topological polar surface area (TPSA) is 275 Å². The van der Waals surface area contributed by atoms with E-state index in [0.717, 1.165) is 48.1 Å². The molecule has 0 radical (unpaired) electrons. The summed E-state index contributed by atoms with van der Waals surface area (Å²) in [6, 6.07) is 40.0. The van der Waals surface area contributed by atoms with E-state index >= 15 is 0 Å². The molecule has 0 atom stereocenters. The predicted octanol–water partition coefficient (Wildman–Crippen LogP) is 6.87. The Hall–Kier alpha value is -9.32. The maximum atomic E-state index is 13.5. The summed E-state index contributed by atoms with van der Waals surface area (Å²) in [5.41, 5.74) is 25.7. The van der Waals surface area contributed by atoms with Crippen LogP contribution in [0.3, 0.4) is 0 Å². The zero-order chi connectivity index (χ0) is 52.6. The third kappa shape index (κ3) is 14.4. The van der Waals surface area contributed by atoms with Gasteiger partial charge in [-0.2, -0.15) is 0 Å². The number of amides is 2. The number of nitro groups is 1. The SMILES string of the molecule is Cc1nc(N)ccc1CNC(=O)Cn1c(-c2ccc(N)cc2)cnc(CCCc2ccccc2)c1=O.Cc1nc(N)ccc1CNC(=O)Cn1c(-c2ccc([N+](=O)[O-])cc2)cnc(CCCc2ccccc2)c1=O. The number of nitrogens with zero attached hydrogens (tertiary/aromatic N) is 7. The fraction of sp³-hybridized carbons (Fsp3) is 0.214. The molecule has 8 aromatic rings. The summed E-state index contributed by atoms with van der Waals surface area (Å²) in [4.78, 5) is 80.6. The number of nitrogens with two attached hydrogens (primary N) is 3. The van der Waals surface area contributed by atoms with Crippen LogP contribution in [0.2, 0.25) is 0 Å². The summed E-state index contributed by atoms with van der Waals surface area (Å²) in [5.74, 6) is 0.173. The van der Waals surface area contributed by atoms with Gasteiger partial charge in [0.15, 0.2) is 0 Å². The number of rotatable bonds is 19. The second-order valence-electron chi connectivity index (χ2n) is 17.6. The smallest absolute Gasteiger partial charge is 0.273 e. The van der Waals surface area contributed by atoms with Gasteiger partial charge in [0.05, 0.1) is 28.7 Å². The van der Waals surface area contributed by atoms with E-state index < -0.39 is 4.92 Å². The first-order valence-corrected chi connectivity index (χ1v) is 24.1. The van der Waals surface area contributed by atoms with Crippen LogP contribution in [0.5, 0.6) is 0 Å². The lowest BCUT2D eigenvalue weighted by molar-refractivity contribution is -0.384. The van der Waals surface area contributed by atoms with Gasteiger partial charge in [-0.05, 0) is 117 Å². The van der Waals surface area contributed by atoms with Crippen molar-refractivity contribution >= 4 is 34.8 Å². The number of carbonyl (C=O) groups excluding carboxylic acids is 2. The normalized spacial score (nSPS) is 10.8. The average Bonchev–Trinajstić information content (AvgIpc) is 3.39. The lowest BCUT2D eigenvalue weighted by Crippen LogP contribution is -2.34. The van der Waals surface area contributed by atoms with Crippen molar-refractivity contribution in [2.75, 3.05) is 17.2 Å². The highest BCUT2D eigenvalue weighted by atomic mass is 16.6. The van der Waals surface area contributed by atoms with Crippen LogP contribution in [-0.4, -0.2) is 45.8 Å². The number of carbonyl (C=O) groups is 2. The van der Waals surface area contributed by atoms with Gasteiger partial charge in [0.25, 0.3) is 16.8 Å². The molecule has 8 rings (SSSR count). The molecule has 4 aromatic heterocycles. The highest BCUT2D eigenvalue weighted by molar-refractivity contribution is 5.77. The Kier molecular flexibility index (Phi) is 17.9. The largest absolute Gasteiger partial charge is 0.399 e. The third-order valence-corrected chi connectivity index (χ3v) is 12.3. The summed E-state index contributed by atoms with van der Waals surface area (Å²) < 4.78 is 2.86. The molecule has 18 nitrogen and oxygen atoms in total. The minimum atomic E-state index is -0.494. The highest BCUT2D eigenvalue weighted by Gasteiger charge is 2.18. The maximum Gasteiger partial charge on any atom is 0.273 e. The number of aromatic nitrogens is 6. The van der Waals surface area contributed by atoms with Gasteiger partial charge in [0.1, 0.15) is 36.1 Å². The van der Waals surface area contributed by atoms with E-state index in [-0.39, 0.29) is 48.3 Å². The van der Waals surface area contributed by atoms with Gasteiger partial charge in [-0.15, -0.1) is 0 Å². The van der Waals surface area contributed by atoms with Crippen LogP contribution in [0, 0.1) is 24.0 Å². The quantitative estimate of drug-likeness (QED) is 0.0315. The molecule has 378 valence electrons. The van der Waals surface area contributed by atoms with E-state index in [2.05, 4.69) is 42.7 Å². The number of pyridine rings is 2. The van der Waals surface area contributed by atoms with Crippen molar-refractivity contribution in [1.29, 1.82) is 0 Å². The Morgan fingerprint density at radius 3 is 1.35 bits per heavy atom. The zero-order valence-electron chi connectivity index (χ0n) is 41.2. The number of nitro benzene ring substituents is 1. The van der Waals surface area contributed by atoms with E-state index in [9.17, 15) is 29.3 Å². The maximum absolute atomic E-state index is 13.5. The number of hydrogen-bond acceptors (Lipinski definition) is 13. The van der Waals surface area contributed by atoms with Crippen LogP contribution >= 0.6 is 0 Å². The molecule has 4 aromatic carbocycles. The molecular formula is C56H58N12O6. The first-order chi connectivity index (χ1) is 35.7. The molecule has 0 aliphatic heterocycles. The van der Waals surface area contributed by atoms with Gasteiger partial charge in [-0.3, -0.25) is 48.4 Å². The van der Waals surface area contributed by atoms with Gasteiger partial charge in [-0.1, -0.05) is 84.9 Å². The standard InChI is InChI=1S/C28H28N6O4.C28H30N6O2/c1-19-22(12-15-26(29)32-19)16-31-27(35)18-33-25(21-10-13-23(14-11-21)34(37)38)17-30-24(28(33)36)9-5-8-20-6-3-2-4-7-20;1-19-22(12-15-26(30)33-19)16-32-27(35)18-34-25(21-10-13-23(29)14-11-21)17-31-24(28(34)36)9-5-8-20-6-3-2-4-7-20/h2-4,6-7,10-15,17H,5,8-9,16,18H2,1H3,(H2,29,32)(H,31,35);2-4,6-7,10-15,17H,5,8-9,16,18,29H2,1H3,(H2,30,33)(H,32,35). The Balaban J connectivity index is 0.000000217. The van der Waals surface area contributed by atoms with Crippen molar-refractivity contribution in [3.05, 3.63) is 222 Å². The zero-order valence-corrected chi connectivity index (χ0v) is 41.2. The third-order valence-electron chi connectivity index (χ3n) is 12.3. The van der Waals surface area contributed by atoms with Crippen LogP contribution in [-0.2, 0) is 61.5 Å². The Morgan fingerprint density at radius 1 is 0.554 bits per heavy atom. The second kappa shape index (κ2) is 25.2. The van der Waals surface area contributed by atoms with E-state index in [1.165, 1.54) is 32.4 Å². The second-order valence-corrected chi connectivity index (χ2v) is 17.6. The van der Waals surface area contributed by atoms with Gasteiger partial charge in [0.2, 0.25) is 11.8 Å². The van der Waals surface area contributed by atoms with Gasteiger partial charge < -0.3 is 27.8 Å². The van der Waals surface area contributed by atoms with E-state index in [1.54, 1.807) is 61.8 Å². The molecule has 0 unspecified atom stereocenters. The lowest BCUT2D eigenvalue weighted by atomic mass is 10.1. The van der Waals surface area contributed by atoms with Crippen molar-refractivity contribution in [3.8, 4) is 22.5 Å². The molecule has 0 bridgehead atoms. The van der Waals surface area contributed by atoms with Crippen LogP contribution in [0.1, 0.15) is 57.9 Å². The molecule has 2 amide bonds.